The minimum absolute atomic E-state index is 0. The zero-order valence-corrected chi connectivity index (χ0v) is 19.7. The molecule has 0 saturated heterocycles. The Balaban J connectivity index is -0.00000110. The monoisotopic (exact) mass is 436 g/mol. The number of hydrogen-bond acceptors (Lipinski definition) is 0. The molecular formula is C19H27Cl3SiTi. The Morgan fingerprint density at radius 2 is 1.62 bits per heavy atom. The van der Waals surface area contributed by atoms with Crippen LogP contribution in [0, 0.1) is 6.08 Å². The van der Waals surface area contributed by atoms with Crippen molar-refractivity contribution in [3.05, 3.63) is 53.3 Å². The molecule has 0 aromatic heterocycles. The van der Waals surface area contributed by atoms with Crippen molar-refractivity contribution in [3.63, 3.8) is 0 Å². The van der Waals surface area contributed by atoms with Crippen molar-refractivity contribution in [1.29, 1.82) is 0 Å². The van der Waals surface area contributed by atoms with Gasteiger partial charge in [0.1, 0.15) is 0 Å². The van der Waals surface area contributed by atoms with Gasteiger partial charge >= 0.3 is 21.7 Å². The van der Waals surface area contributed by atoms with E-state index in [1.54, 1.807) is 16.0 Å². The van der Waals surface area contributed by atoms with Crippen molar-refractivity contribution in [1.82, 2.24) is 0 Å². The predicted octanol–water partition coefficient (Wildman–Crippen LogP) is -3.82. The normalized spacial score (nSPS) is 14.6. The average molecular weight is 438 g/mol. The number of benzene rings is 1. The molecule has 0 bridgehead atoms. The van der Waals surface area contributed by atoms with E-state index in [4.69, 9.17) is 0 Å². The molecule has 0 fully saturated rings. The first kappa shape index (κ1) is 29.3. The van der Waals surface area contributed by atoms with Gasteiger partial charge in [-0.25, -0.2) is 10.8 Å². The third kappa shape index (κ3) is 7.02. The molecule has 1 atom stereocenters. The van der Waals surface area contributed by atoms with Crippen LogP contribution in [-0.4, -0.2) is 8.07 Å². The Hall–Kier alpha value is 0.501. The van der Waals surface area contributed by atoms with Gasteiger partial charge in [0.05, 0.1) is 8.07 Å². The summed E-state index contributed by atoms with van der Waals surface area (Å²) in [6.07, 6.45) is 12.3. The number of halogens is 3. The van der Waals surface area contributed by atoms with Gasteiger partial charge in [-0.05, 0) is 0 Å². The van der Waals surface area contributed by atoms with Gasteiger partial charge in [0.2, 0.25) is 0 Å². The maximum atomic E-state index is 3.73. The number of rotatable bonds is 7. The fraction of sp³-hybridized carbons (Fsp3) is 0.474. The smallest absolute Gasteiger partial charge is 1.00 e. The van der Waals surface area contributed by atoms with Crippen molar-refractivity contribution >= 4 is 13.3 Å². The summed E-state index contributed by atoms with van der Waals surface area (Å²) in [5.74, 6) is 0. The molecule has 0 radical (unpaired) electrons. The second-order valence-corrected chi connectivity index (χ2v) is 10.3. The Bertz CT molecular complexity index is 503. The summed E-state index contributed by atoms with van der Waals surface area (Å²) in [6.45, 7) is 7.13. The standard InChI is InChI=1S/C19H27Si.3ClH.Ti/c1-4-6-16-20(3,18-13-8-7-9-14-18)19-15-10-12-17(19)11-5-2;;;;/h7-9,12-14H,4-6,10-11,16H2,1-3H3;3*1H;/q-1;;;;+4/p-3. The molecule has 0 aliphatic heterocycles. The van der Waals surface area contributed by atoms with Gasteiger partial charge in [0.25, 0.3) is 0 Å². The van der Waals surface area contributed by atoms with E-state index in [1.165, 1.54) is 31.7 Å². The molecule has 0 spiro atoms. The maximum absolute atomic E-state index is 3.73. The third-order valence-electron chi connectivity index (χ3n) is 4.46. The van der Waals surface area contributed by atoms with Crippen molar-refractivity contribution in [2.45, 2.75) is 58.5 Å². The SMILES string of the molecule is CCCC[Si](C)(C1=[C-]CC=C1CCC)c1ccccc1.[Cl-].[Cl-].[Cl-].[Ti+4]. The third-order valence-corrected chi connectivity index (χ3v) is 9.02. The predicted molar refractivity (Wildman–Crippen MR) is 91.8 cm³/mol. The Labute approximate surface area is 183 Å². The van der Waals surface area contributed by atoms with Crippen molar-refractivity contribution in [3.8, 4) is 0 Å². The molecule has 2 rings (SSSR count). The quantitative estimate of drug-likeness (QED) is 0.303. The van der Waals surface area contributed by atoms with E-state index in [1.807, 2.05) is 0 Å². The number of unbranched alkanes of at least 4 members (excludes halogenated alkanes) is 1. The van der Waals surface area contributed by atoms with Gasteiger partial charge in [-0.3, -0.25) is 6.08 Å². The van der Waals surface area contributed by atoms with E-state index in [0.717, 1.165) is 6.42 Å². The molecule has 1 aromatic carbocycles. The molecular weight excluding hydrogens is 411 g/mol. The van der Waals surface area contributed by atoms with Crippen molar-refractivity contribution in [2.24, 2.45) is 0 Å². The van der Waals surface area contributed by atoms with Gasteiger partial charge in [0, 0.05) is 0 Å². The molecule has 5 heteroatoms. The van der Waals surface area contributed by atoms with E-state index in [9.17, 15) is 0 Å². The van der Waals surface area contributed by atoms with Crippen LogP contribution in [0.5, 0.6) is 0 Å². The molecule has 0 nitrogen and oxygen atoms in total. The van der Waals surface area contributed by atoms with E-state index < -0.39 is 8.07 Å². The Kier molecular flexibility index (Phi) is 17.9. The van der Waals surface area contributed by atoms with E-state index in [-0.39, 0.29) is 58.9 Å². The number of hydrogen-bond donors (Lipinski definition) is 0. The summed E-state index contributed by atoms with van der Waals surface area (Å²) in [6, 6.07) is 12.6. The number of allylic oxidation sites excluding steroid dienone is 4. The fourth-order valence-electron chi connectivity index (χ4n) is 3.29. The first-order valence-corrected chi connectivity index (χ1v) is 10.8. The van der Waals surface area contributed by atoms with Crippen LogP contribution in [0.25, 0.3) is 0 Å². The van der Waals surface area contributed by atoms with Gasteiger partial charge < -0.3 is 37.2 Å². The minimum atomic E-state index is -1.58. The van der Waals surface area contributed by atoms with Crippen LogP contribution in [0.15, 0.2) is 47.2 Å². The van der Waals surface area contributed by atoms with E-state index in [2.05, 4.69) is 62.9 Å². The topological polar surface area (TPSA) is 0 Å². The zero-order chi connectivity index (χ0) is 14.4. The van der Waals surface area contributed by atoms with Crippen LogP contribution in [0.3, 0.4) is 0 Å². The summed E-state index contributed by atoms with van der Waals surface area (Å²) >= 11 is 0. The fourth-order valence-corrected chi connectivity index (χ4v) is 7.53. The average Bonchev–Trinajstić information content (AvgIpc) is 2.95. The molecule has 0 heterocycles. The molecule has 1 aliphatic rings. The van der Waals surface area contributed by atoms with Gasteiger partial charge in [0.15, 0.2) is 0 Å². The van der Waals surface area contributed by atoms with Crippen LogP contribution in [0.1, 0.15) is 46.0 Å². The summed E-state index contributed by atoms with van der Waals surface area (Å²) in [5, 5.41) is 3.19. The Morgan fingerprint density at radius 3 is 2.17 bits per heavy atom. The molecule has 0 amide bonds. The molecule has 1 unspecified atom stereocenters. The van der Waals surface area contributed by atoms with Crippen molar-refractivity contribution < 1.29 is 58.9 Å². The summed E-state index contributed by atoms with van der Waals surface area (Å²) in [7, 11) is -1.58. The van der Waals surface area contributed by atoms with E-state index >= 15 is 0 Å². The molecule has 1 aromatic rings. The molecule has 0 saturated carbocycles. The molecule has 132 valence electrons. The first-order valence-electron chi connectivity index (χ1n) is 8.08. The van der Waals surface area contributed by atoms with Gasteiger partial charge in [-0.2, -0.15) is 6.08 Å². The molecule has 1 aliphatic carbocycles. The van der Waals surface area contributed by atoms with Crippen LogP contribution in [0.4, 0.5) is 0 Å². The molecule has 24 heavy (non-hydrogen) atoms. The van der Waals surface area contributed by atoms with Crippen LogP contribution >= 0.6 is 0 Å². The minimum Gasteiger partial charge on any atom is -1.00 e. The summed E-state index contributed by atoms with van der Waals surface area (Å²) < 4.78 is 0. The van der Waals surface area contributed by atoms with E-state index in [0.29, 0.717) is 0 Å². The van der Waals surface area contributed by atoms with Crippen LogP contribution < -0.4 is 42.4 Å². The zero-order valence-electron chi connectivity index (χ0n) is 14.8. The Morgan fingerprint density at radius 1 is 1.00 bits per heavy atom. The van der Waals surface area contributed by atoms with Crippen molar-refractivity contribution in [2.75, 3.05) is 0 Å². The second kappa shape index (κ2) is 14.6. The van der Waals surface area contributed by atoms with Gasteiger partial charge in [-0.1, -0.05) is 87.6 Å². The van der Waals surface area contributed by atoms with Gasteiger partial charge in [-0.15, -0.1) is 6.42 Å². The molecule has 0 N–H and O–H groups in total. The summed E-state index contributed by atoms with van der Waals surface area (Å²) in [4.78, 5) is 0. The summed E-state index contributed by atoms with van der Waals surface area (Å²) in [5.41, 5.74) is 1.60. The largest absolute Gasteiger partial charge is 4.00 e. The van der Waals surface area contributed by atoms with Crippen LogP contribution in [0.2, 0.25) is 12.6 Å². The maximum Gasteiger partial charge on any atom is 4.00 e. The first-order chi connectivity index (χ1) is 9.72. The van der Waals surface area contributed by atoms with Crippen LogP contribution in [-0.2, 0) is 21.7 Å². The second-order valence-electron chi connectivity index (χ2n) is 6.04.